The van der Waals surface area contributed by atoms with Crippen LogP contribution in [0, 0.1) is 0 Å². The predicted molar refractivity (Wildman–Crippen MR) is 82.8 cm³/mol. The fourth-order valence-electron chi connectivity index (χ4n) is 1.96. The molecule has 3 N–H and O–H groups in total. The summed E-state index contributed by atoms with van der Waals surface area (Å²) in [5.41, 5.74) is 8.14. The molecule has 0 aliphatic rings. The van der Waals surface area contributed by atoms with E-state index < -0.39 is 5.91 Å². The first-order valence-corrected chi connectivity index (χ1v) is 6.97. The van der Waals surface area contributed by atoms with Gasteiger partial charge in [-0.3, -0.25) is 4.79 Å². The minimum atomic E-state index is -0.477. The van der Waals surface area contributed by atoms with Crippen LogP contribution in [-0.2, 0) is 0 Å². The second kappa shape index (κ2) is 4.92. The number of carbonyl (C=O) groups excluding carboxylic acids is 1. The summed E-state index contributed by atoms with van der Waals surface area (Å²) in [6.45, 7) is 0. The van der Waals surface area contributed by atoms with E-state index in [9.17, 15) is 4.79 Å². The van der Waals surface area contributed by atoms with Gasteiger partial charge in [0.05, 0.1) is 5.52 Å². The molecule has 0 aliphatic heterocycles. The van der Waals surface area contributed by atoms with Crippen LogP contribution in [0.15, 0.2) is 40.9 Å². The molecule has 6 heteroatoms. The number of H-pyrrole nitrogens is 1. The molecule has 0 aliphatic carbocycles. The van der Waals surface area contributed by atoms with E-state index in [1.807, 2.05) is 12.1 Å². The molecular formula is C14H9BrClN3O. The second-order valence-electron chi connectivity index (χ2n) is 4.31. The van der Waals surface area contributed by atoms with Crippen LogP contribution in [0.3, 0.4) is 0 Å². The topological polar surface area (TPSA) is 71.8 Å². The molecule has 0 atom stereocenters. The third-order valence-corrected chi connectivity index (χ3v) is 3.80. The summed E-state index contributed by atoms with van der Waals surface area (Å²) >= 11 is 9.27. The molecule has 1 aromatic heterocycles. The lowest BCUT2D eigenvalue weighted by Gasteiger charge is -1.97. The van der Waals surface area contributed by atoms with E-state index >= 15 is 0 Å². The van der Waals surface area contributed by atoms with Gasteiger partial charge in [0.1, 0.15) is 11.3 Å². The molecule has 0 unspecified atom stereocenters. The smallest absolute Gasteiger partial charge is 0.248 e. The number of primary amides is 1. The lowest BCUT2D eigenvalue weighted by molar-refractivity contribution is 0.100. The van der Waals surface area contributed by atoms with Gasteiger partial charge in [-0.15, -0.1) is 0 Å². The van der Waals surface area contributed by atoms with Crippen molar-refractivity contribution in [1.82, 2.24) is 9.97 Å². The van der Waals surface area contributed by atoms with Crippen molar-refractivity contribution in [2.24, 2.45) is 5.73 Å². The standard InChI is InChI=1S/C14H9BrClN3O/c15-10-5-8(13(17)20)6-11-12(10)19-14(18-11)7-1-3-9(16)4-2-7/h1-6H,(H2,17,20)(H,18,19). The first kappa shape index (κ1) is 13.1. The summed E-state index contributed by atoms with van der Waals surface area (Å²) < 4.78 is 0.722. The van der Waals surface area contributed by atoms with Crippen molar-refractivity contribution in [3.8, 4) is 11.4 Å². The molecule has 4 nitrogen and oxygen atoms in total. The maximum atomic E-state index is 11.3. The van der Waals surface area contributed by atoms with Crippen molar-refractivity contribution in [2.45, 2.75) is 0 Å². The predicted octanol–water partition coefficient (Wildman–Crippen LogP) is 3.74. The molecular weight excluding hydrogens is 342 g/mol. The van der Waals surface area contributed by atoms with Crippen molar-refractivity contribution in [2.75, 3.05) is 0 Å². The van der Waals surface area contributed by atoms with E-state index in [-0.39, 0.29) is 0 Å². The van der Waals surface area contributed by atoms with E-state index in [2.05, 4.69) is 25.9 Å². The maximum absolute atomic E-state index is 11.3. The molecule has 3 aromatic rings. The minimum absolute atomic E-state index is 0.427. The van der Waals surface area contributed by atoms with Gasteiger partial charge in [0.2, 0.25) is 5.91 Å². The Hall–Kier alpha value is -1.85. The third-order valence-electron chi connectivity index (χ3n) is 2.94. The van der Waals surface area contributed by atoms with Crippen LogP contribution in [0.2, 0.25) is 5.02 Å². The molecule has 0 bridgehead atoms. The lowest BCUT2D eigenvalue weighted by atomic mass is 10.2. The Morgan fingerprint density at radius 2 is 1.95 bits per heavy atom. The number of amides is 1. The third kappa shape index (κ3) is 2.30. The number of imidazole rings is 1. The minimum Gasteiger partial charge on any atom is -0.366 e. The summed E-state index contributed by atoms with van der Waals surface area (Å²) in [5, 5.41) is 0.669. The van der Waals surface area contributed by atoms with Crippen LogP contribution in [0.5, 0.6) is 0 Å². The zero-order valence-electron chi connectivity index (χ0n) is 10.2. The summed E-state index contributed by atoms with van der Waals surface area (Å²) in [6.07, 6.45) is 0. The van der Waals surface area contributed by atoms with Gasteiger partial charge in [0.15, 0.2) is 0 Å². The zero-order chi connectivity index (χ0) is 14.3. The number of nitrogens with zero attached hydrogens (tertiary/aromatic N) is 1. The van der Waals surface area contributed by atoms with Crippen LogP contribution in [0.25, 0.3) is 22.4 Å². The summed E-state index contributed by atoms with van der Waals surface area (Å²) in [7, 11) is 0. The van der Waals surface area contributed by atoms with Gasteiger partial charge in [-0.05, 0) is 52.3 Å². The van der Waals surface area contributed by atoms with Gasteiger partial charge in [-0.2, -0.15) is 0 Å². The van der Waals surface area contributed by atoms with E-state index in [0.717, 1.165) is 21.1 Å². The van der Waals surface area contributed by atoms with E-state index in [4.69, 9.17) is 17.3 Å². The number of aromatic nitrogens is 2. The lowest BCUT2D eigenvalue weighted by Crippen LogP contribution is -2.10. The van der Waals surface area contributed by atoms with Gasteiger partial charge in [-0.25, -0.2) is 4.98 Å². The summed E-state index contributed by atoms with van der Waals surface area (Å²) in [5.74, 6) is 0.231. The number of hydrogen-bond acceptors (Lipinski definition) is 2. The van der Waals surface area contributed by atoms with Crippen molar-refractivity contribution in [3.63, 3.8) is 0 Å². The van der Waals surface area contributed by atoms with Crippen LogP contribution in [0.1, 0.15) is 10.4 Å². The molecule has 20 heavy (non-hydrogen) atoms. The van der Waals surface area contributed by atoms with Crippen LogP contribution >= 0.6 is 27.5 Å². The highest BCUT2D eigenvalue weighted by Crippen LogP contribution is 2.28. The molecule has 3 rings (SSSR count). The van der Waals surface area contributed by atoms with Gasteiger partial charge < -0.3 is 10.7 Å². The molecule has 1 amide bonds. The average Bonchev–Trinajstić information content (AvgIpc) is 2.84. The maximum Gasteiger partial charge on any atom is 0.248 e. The molecule has 2 aromatic carbocycles. The molecule has 0 radical (unpaired) electrons. The average molecular weight is 351 g/mol. The number of fused-ring (bicyclic) bond motifs is 1. The Labute approximate surface area is 128 Å². The summed E-state index contributed by atoms with van der Waals surface area (Å²) in [4.78, 5) is 19.0. The number of aromatic amines is 1. The number of halogens is 2. The quantitative estimate of drug-likeness (QED) is 0.739. The van der Waals surface area contributed by atoms with Crippen LogP contribution in [-0.4, -0.2) is 15.9 Å². The van der Waals surface area contributed by atoms with E-state index in [1.165, 1.54) is 0 Å². The Balaban J connectivity index is 2.17. The number of nitrogens with two attached hydrogens (primary N) is 1. The van der Waals surface area contributed by atoms with Gasteiger partial charge in [-0.1, -0.05) is 11.6 Å². The Morgan fingerprint density at radius 3 is 2.60 bits per heavy atom. The normalized spacial score (nSPS) is 10.9. The fraction of sp³-hybridized carbons (Fsp3) is 0. The number of hydrogen-bond donors (Lipinski definition) is 2. The largest absolute Gasteiger partial charge is 0.366 e. The monoisotopic (exact) mass is 349 g/mol. The first-order chi connectivity index (χ1) is 9.54. The van der Waals surface area contributed by atoms with E-state index in [1.54, 1.807) is 24.3 Å². The van der Waals surface area contributed by atoms with Gasteiger partial charge in [0.25, 0.3) is 0 Å². The number of carbonyl (C=O) groups is 1. The Kier molecular flexibility index (Phi) is 3.23. The Morgan fingerprint density at radius 1 is 1.25 bits per heavy atom. The van der Waals surface area contributed by atoms with Gasteiger partial charge in [0, 0.05) is 20.6 Å². The molecule has 100 valence electrons. The molecule has 0 spiro atoms. The Bertz CT molecular complexity index is 811. The van der Waals surface area contributed by atoms with Crippen molar-refractivity contribution in [1.29, 1.82) is 0 Å². The highest BCUT2D eigenvalue weighted by Gasteiger charge is 2.11. The summed E-state index contributed by atoms with van der Waals surface area (Å²) in [6, 6.07) is 10.7. The highest BCUT2D eigenvalue weighted by atomic mass is 79.9. The number of benzene rings is 2. The molecule has 0 fully saturated rings. The molecule has 1 heterocycles. The van der Waals surface area contributed by atoms with Crippen molar-refractivity contribution < 1.29 is 4.79 Å². The molecule has 0 saturated carbocycles. The zero-order valence-corrected chi connectivity index (χ0v) is 12.5. The second-order valence-corrected chi connectivity index (χ2v) is 5.60. The van der Waals surface area contributed by atoms with Crippen LogP contribution < -0.4 is 5.73 Å². The molecule has 0 saturated heterocycles. The van der Waals surface area contributed by atoms with Gasteiger partial charge >= 0.3 is 0 Å². The fourth-order valence-corrected chi connectivity index (χ4v) is 2.64. The first-order valence-electron chi connectivity index (χ1n) is 5.79. The van der Waals surface area contributed by atoms with Crippen molar-refractivity contribution >= 4 is 44.5 Å². The SMILES string of the molecule is NC(=O)c1cc(Br)c2nc(-c3ccc(Cl)cc3)[nH]c2c1. The van der Waals surface area contributed by atoms with Crippen molar-refractivity contribution in [3.05, 3.63) is 51.5 Å². The van der Waals surface area contributed by atoms with E-state index in [0.29, 0.717) is 16.4 Å². The number of nitrogens with one attached hydrogen (secondary N) is 1. The van der Waals surface area contributed by atoms with Crippen LogP contribution in [0.4, 0.5) is 0 Å². The number of rotatable bonds is 2. The highest BCUT2D eigenvalue weighted by molar-refractivity contribution is 9.10.